The van der Waals surface area contributed by atoms with Gasteiger partial charge in [-0.1, -0.05) is 50.3 Å². The van der Waals surface area contributed by atoms with Gasteiger partial charge in [0.15, 0.2) is 0 Å². The SMILES string of the molecule is COc1ccc(NC(=O)Oc2ccccc2CNC(C)CC2CCCCC2)cc1. The third-order valence-electron chi connectivity index (χ3n) is 5.56. The molecule has 5 nitrogen and oxygen atoms in total. The molecule has 0 radical (unpaired) electrons. The molecule has 5 heteroatoms. The van der Waals surface area contributed by atoms with Crippen LogP contribution < -0.4 is 20.1 Å². The van der Waals surface area contributed by atoms with Crippen LogP contribution in [0.25, 0.3) is 0 Å². The monoisotopic (exact) mass is 396 g/mol. The summed E-state index contributed by atoms with van der Waals surface area (Å²) < 4.78 is 10.7. The molecule has 0 spiro atoms. The van der Waals surface area contributed by atoms with Gasteiger partial charge in [0.05, 0.1) is 7.11 Å². The average Bonchev–Trinajstić information content (AvgIpc) is 2.74. The molecule has 3 rings (SSSR count). The highest BCUT2D eigenvalue weighted by atomic mass is 16.6. The zero-order valence-corrected chi connectivity index (χ0v) is 17.4. The molecule has 1 unspecified atom stereocenters. The van der Waals surface area contributed by atoms with Crippen molar-refractivity contribution in [1.29, 1.82) is 0 Å². The molecule has 0 saturated heterocycles. The van der Waals surface area contributed by atoms with Crippen molar-refractivity contribution < 1.29 is 14.3 Å². The van der Waals surface area contributed by atoms with Crippen molar-refractivity contribution in [2.24, 2.45) is 5.92 Å². The number of carbonyl (C=O) groups is 1. The highest BCUT2D eigenvalue weighted by Gasteiger charge is 2.17. The van der Waals surface area contributed by atoms with Crippen molar-refractivity contribution in [3.63, 3.8) is 0 Å². The lowest BCUT2D eigenvalue weighted by molar-refractivity contribution is 0.214. The van der Waals surface area contributed by atoms with E-state index >= 15 is 0 Å². The minimum absolute atomic E-state index is 0.444. The summed E-state index contributed by atoms with van der Waals surface area (Å²) in [7, 11) is 1.61. The van der Waals surface area contributed by atoms with E-state index in [-0.39, 0.29) is 0 Å². The van der Waals surface area contributed by atoms with Crippen molar-refractivity contribution in [2.45, 2.75) is 58.0 Å². The summed E-state index contributed by atoms with van der Waals surface area (Å²) in [5.74, 6) is 2.16. The Morgan fingerprint density at radius 2 is 1.79 bits per heavy atom. The molecule has 0 aliphatic heterocycles. The second-order valence-electron chi connectivity index (χ2n) is 7.87. The van der Waals surface area contributed by atoms with Crippen LogP contribution in [0.3, 0.4) is 0 Å². The maximum atomic E-state index is 12.3. The number of para-hydroxylation sites is 1. The molecule has 1 atom stereocenters. The van der Waals surface area contributed by atoms with E-state index in [1.807, 2.05) is 24.3 Å². The van der Waals surface area contributed by atoms with Gasteiger partial charge >= 0.3 is 6.09 Å². The molecule has 1 fully saturated rings. The van der Waals surface area contributed by atoms with Crippen LogP contribution in [-0.4, -0.2) is 19.2 Å². The first-order valence-electron chi connectivity index (χ1n) is 10.6. The van der Waals surface area contributed by atoms with Gasteiger partial charge in [-0.15, -0.1) is 0 Å². The van der Waals surface area contributed by atoms with E-state index in [1.54, 1.807) is 31.4 Å². The second kappa shape index (κ2) is 10.9. The molecule has 2 aromatic carbocycles. The number of ether oxygens (including phenoxy) is 2. The molecular formula is C24H32N2O3. The minimum atomic E-state index is -0.502. The van der Waals surface area contributed by atoms with Gasteiger partial charge in [0.2, 0.25) is 0 Å². The number of hydrogen-bond donors (Lipinski definition) is 2. The van der Waals surface area contributed by atoms with E-state index < -0.39 is 6.09 Å². The fourth-order valence-corrected chi connectivity index (χ4v) is 3.96. The number of hydrogen-bond acceptors (Lipinski definition) is 4. The van der Waals surface area contributed by atoms with E-state index in [9.17, 15) is 4.79 Å². The number of methoxy groups -OCH3 is 1. The Hall–Kier alpha value is -2.53. The molecule has 1 aliphatic rings. The van der Waals surface area contributed by atoms with E-state index in [0.717, 1.165) is 17.2 Å². The highest BCUT2D eigenvalue weighted by Crippen LogP contribution is 2.27. The van der Waals surface area contributed by atoms with Gasteiger partial charge < -0.3 is 14.8 Å². The summed E-state index contributed by atoms with van der Waals surface area (Å²) in [6.45, 7) is 2.92. The first-order valence-corrected chi connectivity index (χ1v) is 10.6. The first-order chi connectivity index (χ1) is 14.1. The molecule has 0 aromatic heterocycles. The predicted octanol–water partition coefficient (Wildman–Crippen LogP) is 5.75. The number of rotatable bonds is 8. The smallest absolute Gasteiger partial charge is 0.417 e. The molecule has 1 amide bonds. The third kappa shape index (κ3) is 6.79. The Balaban J connectivity index is 1.51. The molecule has 29 heavy (non-hydrogen) atoms. The summed E-state index contributed by atoms with van der Waals surface area (Å²) in [5, 5.41) is 6.35. The van der Waals surface area contributed by atoms with Crippen LogP contribution in [0.15, 0.2) is 48.5 Å². The summed E-state index contributed by atoms with van der Waals surface area (Å²) in [4.78, 5) is 12.3. The van der Waals surface area contributed by atoms with Crippen LogP contribution in [0, 0.1) is 5.92 Å². The Morgan fingerprint density at radius 3 is 2.52 bits per heavy atom. The lowest BCUT2D eigenvalue weighted by Crippen LogP contribution is -2.29. The van der Waals surface area contributed by atoms with Crippen molar-refractivity contribution in [1.82, 2.24) is 5.32 Å². The third-order valence-corrected chi connectivity index (χ3v) is 5.56. The van der Waals surface area contributed by atoms with Crippen molar-refractivity contribution in [2.75, 3.05) is 12.4 Å². The van der Waals surface area contributed by atoms with Gasteiger partial charge in [0, 0.05) is 23.8 Å². The number of benzene rings is 2. The van der Waals surface area contributed by atoms with Gasteiger partial charge in [0.25, 0.3) is 0 Å². The van der Waals surface area contributed by atoms with Crippen LogP contribution in [0.5, 0.6) is 11.5 Å². The Labute approximate surface area is 173 Å². The largest absolute Gasteiger partial charge is 0.497 e. The number of amides is 1. The van der Waals surface area contributed by atoms with Crippen LogP contribution in [0.1, 0.15) is 51.0 Å². The van der Waals surface area contributed by atoms with Crippen LogP contribution in [-0.2, 0) is 6.54 Å². The van der Waals surface area contributed by atoms with E-state index in [1.165, 1.54) is 38.5 Å². The zero-order chi connectivity index (χ0) is 20.5. The fraction of sp³-hybridized carbons (Fsp3) is 0.458. The lowest BCUT2D eigenvalue weighted by Gasteiger charge is -2.25. The zero-order valence-electron chi connectivity index (χ0n) is 17.4. The Bertz CT molecular complexity index is 770. The van der Waals surface area contributed by atoms with Gasteiger partial charge in [0.1, 0.15) is 11.5 Å². The number of anilines is 1. The van der Waals surface area contributed by atoms with E-state index in [4.69, 9.17) is 9.47 Å². The quantitative estimate of drug-likeness (QED) is 0.596. The summed E-state index contributed by atoms with van der Waals surface area (Å²) in [5.41, 5.74) is 1.64. The molecule has 1 saturated carbocycles. The molecule has 0 heterocycles. The Morgan fingerprint density at radius 1 is 1.07 bits per heavy atom. The lowest BCUT2D eigenvalue weighted by atomic mass is 9.85. The van der Waals surface area contributed by atoms with Gasteiger partial charge in [-0.05, 0) is 49.6 Å². The van der Waals surface area contributed by atoms with Crippen LogP contribution in [0.4, 0.5) is 10.5 Å². The standard InChI is InChI=1S/C24H32N2O3/c1-18(16-19-8-4-3-5-9-19)25-17-20-10-6-7-11-23(20)29-24(27)26-21-12-14-22(28-2)15-13-21/h6-7,10-15,18-19,25H,3-5,8-9,16-17H2,1-2H3,(H,26,27). The molecular weight excluding hydrogens is 364 g/mol. The topological polar surface area (TPSA) is 59.6 Å². The van der Waals surface area contributed by atoms with Crippen LogP contribution in [0.2, 0.25) is 0 Å². The Kier molecular flexibility index (Phi) is 7.94. The maximum Gasteiger partial charge on any atom is 0.417 e. The number of nitrogens with one attached hydrogen (secondary N) is 2. The predicted molar refractivity (Wildman–Crippen MR) is 117 cm³/mol. The molecule has 2 aromatic rings. The normalized spacial score (nSPS) is 15.5. The minimum Gasteiger partial charge on any atom is -0.497 e. The maximum absolute atomic E-state index is 12.3. The summed E-state index contributed by atoms with van der Waals surface area (Å²) in [6.07, 6.45) is 7.56. The molecule has 0 bridgehead atoms. The van der Waals surface area contributed by atoms with E-state index in [0.29, 0.717) is 24.0 Å². The average molecular weight is 397 g/mol. The molecule has 1 aliphatic carbocycles. The van der Waals surface area contributed by atoms with Gasteiger partial charge in [-0.3, -0.25) is 5.32 Å². The highest BCUT2D eigenvalue weighted by molar-refractivity contribution is 5.86. The molecule has 156 valence electrons. The first kappa shape index (κ1) is 21.2. The van der Waals surface area contributed by atoms with E-state index in [2.05, 4.69) is 17.6 Å². The van der Waals surface area contributed by atoms with Crippen LogP contribution >= 0.6 is 0 Å². The summed E-state index contributed by atoms with van der Waals surface area (Å²) >= 11 is 0. The van der Waals surface area contributed by atoms with Gasteiger partial charge in [-0.2, -0.15) is 0 Å². The second-order valence-corrected chi connectivity index (χ2v) is 7.87. The van der Waals surface area contributed by atoms with Crippen molar-refractivity contribution in [3.05, 3.63) is 54.1 Å². The van der Waals surface area contributed by atoms with Gasteiger partial charge in [-0.25, -0.2) is 4.79 Å². The number of carbonyl (C=O) groups excluding carboxylic acids is 1. The fourth-order valence-electron chi connectivity index (χ4n) is 3.96. The van der Waals surface area contributed by atoms with Crippen molar-refractivity contribution in [3.8, 4) is 11.5 Å². The van der Waals surface area contributed by atoms with Crippen molar-refractivity contribution >= 4 is 11.8 Å². The molecule has 2 N–H and O–H groups in total. The summed E-state index contributed by atoms with van der Waals surface area (Å²) in [6, 6.07) is 15.3.